The third-order valence-corrected chi connectivity index (χ3v) is 4.78. The van der Waals surface area contributed by atoms with E-state index in [4.69, 9.17) is 23.7 Å². The maximum atomic E-state index is 6.00. The van der Waals surface area contributed by atoms with Crippen LogP contribution in [0.3, 0.4) is 0 Å². The van der Waals surface area contributed by atoms with Gasteiger partial charge in [-0.1, -0.05) is 63.2 Å². The second-order valence-electron chi connectivity index (χ2n) is 8.22. The molecule has 0 saturated heterocycles. The van der Waals surface area contributed by atoms with E-state index < -0.39 is 0 Å². The van der Waals surface area contributed by atoms with Crippen LogP contribution in [0.25, 0.3) is 5.76 Å². The lowest BCUT2D eigenvalue weighted by Gasteiger charge is -2.26. The highest BCUT2D eigenvalue weighted by atomic mass is 16.5. The monoisotopic (exact) mass is 428 g/mol. The topological polar surface area (TPSA) is 46.2 Å². The fourth-order valence-electron chi connectivity index (χ4n) is 3.04. The summed E-state index contributed by atoms with van der Waals surface area (Å²) in [6.45, 7) is 9.68. The lowest BCUT2D eigenvalue weighted by molar-refractivity contribution is 0.0278. The van der Waals surface area contributed by atoms with Crippen molar-refractivity contribution in [3.8, 4) is 5.75 Å². The summed E-state index contributed by atoms with van der Waals surface area (Å²) in [4.78, 5) is 0. The molecule has 0 bridgehead atoms. The Hall–Kier alpha value is -2.34. The van der Waals surface area contributed by atoms with Crippen LogP contribution < -0.4 is 4.74 Å². The van der Waals surface area contributed by atoms with Crippen molar-refractivity contribution in [1.82, 2.24) is 0 Å². The third-order valence-electron chi connectivity index (χ3n) is 4.78. The molecule has 5 heteroatoms. The van der Waals surface area contributed by atoms with E-state index in [1.54, 1.807) is 14.2 Å². The van der Waals surface area contributed by atoms with Gasteiger partial charge in [0, 0.05) is 18.2 Å². The van der Waals surface area contributed by atoms with Crippen molar-refractivity contribution in [3.05, 3.63) is 71.3 Å². The standard InChI is InChI=1S/C26H36O5/c1-26(2,3)24(20-30-17-16-29-15-14-27-4)25(28-5)22-12-9-13-23(18-22)31-19-21-10-7-6-8-11-21/h6-13,18H,14-17,19-20H2,1-5H3/b25-24-. The smallest absolute Gasteiger partial charge is 0.128 e. The van der Waals surface area contributed by atoms with Gasteiger partial charge in [-0.15, -0.1) is 0 Å². The van der Waals surface area contributed by atoms with Crippen molar-refractivity contribution in [3.63, 3.8) is 0 Å². The molecule has 2 aromatic carbocycles. The quantitative estimate of drug-likeness (QED) is 0.318. The average molecular weight is 429 g/mol. The molecule has 0 saturated carbocycles. The predicted octanol–water partition coefficient (Wildman–Crippen LogP) is 5.35. The molecule has 31 heavy (non-hydrogen) atoms. The van der Waals surface area contributed by atoms with E-state index in [2.05, 4.69) is 32.9 Å². The van der Waals surface area contributed by atoms with Gasteiger partial charge in [0.1, 0.15) is 18.1 Å². The largest absolute Gasteiger partial charge is 0.496 e. The summed E-state index contributed by atoms with van der Waals surface area (Å²) in [7, 11) is 3.36. The molecule has 0 unspecified atom stereocenters. The van der Waals surface area contributed by atoms with Crippen LogP contribution in [0.5, 0.6) is 5.75 Å². The average Bonchev–Trinajstić information content (AvgIpc) is 2.76. The minimum absolute atomic E-state index is 0.122. The minimum Gasteiger partial charge on any atom is -0.496 e. The lowest BCUT2D eigenvalue weighted by Crippen LogP contribution is -2.19. The van der Waals surface area contributed by atoms with E-state index in [1.165, 1.54) is 0 Å². The molecule has 0 atom stereocenters. The Morgan fingerprint density at radius 2 is 1.52 bits per heavy atom. The molecule has 0 amide bonds. The van der Waals surface area contributed by atoms with Gasteiger partial charge in [-0.2, -0.15) is 0 Å². The Labute approximate surface area is 186 Å². The highest BCUT2D eigenvalue weighted by molar-refractivity contribution is 5.65. The molecule has 0 aliphatic heterocycles. The van der Waals surface area contributed by atoms with Gasteiger partial charge in [0.25, 0.3) is 0 Å². The zero-order valence-corrected chi connectivity index (χ0v) is 19.5. The molecule has 0 aliphatic carbocycles. The molecule has 0 aliphatic rings. The van der Waals surface area contributed by atoms with Gasteiger partial charge < -0.3 is 23.7 Å². The zero-order chi connectivity index (χ0) is 22.5. The summed E-state index contributed by atoms with van der Waals surface area (Å²) in [6.07, 6.45) is 0. The second kappa shape index (κ2) is 13.2. The van der Waals surface area contributed by atoms with Gasteiger partial charge in [-0.3, -0.25) is 0 Å². The highest BCUT2D eigenvalue weighted by Crippen LogP contribution is 2.34. The van der Waals surface area contributed by atoms with E-state index >= 15 is 0 Å². The first kappa shape index (κ1) is 24.9. The molecule has 2 aromatic rings. The van der Waals surface area contributed by atoms with Crippen molar-refractivity contribution in [2.75, 3.05) is 47.3 Å². The van der Waals surface area contributed by atoms with Crippen LogP contribution in [-0.4, -0.2) is 47.3 Å². The predicted molar refractivity (Wildman–Crippen MR) is 124 cm³/mol. The second-order valence-corrected chi connectivity index (χ2v) is 8.22. The van der Waals surface area contributed by atoms with Crippen LogP contribution in [0.1, 0.15) is 31.9 Å². The molecular weight excluding hydrogens is 392 g/mol. The highest BCUT2D eigenvalue weighted by Gasteiger charge is 2.23. The van der Waals surface area contributed by atoms with Crippen LogP contribution in [0.2, 0.25) is 0 Å². The zero-order valence-electron chi connectivity index (χ0n) is 19.5. The fourth-order valence-corrected chi connectivity index (χ4v) is 3.04. The number of rotatable bonds is 13. The summed E-state index contributed by atoms with van der Waals surface area (Å²) in [6, 6.07) is 18.1. The van der Waals surface area contributed by atoms with Gasteiger partial charge in [-0.25, -0.2) is 0 Å². The van der Waals surface area contributed by atoms with Gasteiger partial charge in [0.05, 0.1) is 40.1 Å². The summed E-state index contributed by atoms with van der Waals surface area (Å²) in [5.74, 6) is 1.62. The van der Waals surface area contributed by atoms with Crippen molar-refractivity contribution >= 4 is 5.76 Å². The van der Waals surface area contributed by atoms with E-state index in [-0.39, 0.29) is 5.41 Å². The summed E-state index contributed by atoms with van der Waals surface area (Å²) in [5.41, 5.74) is 3.07. The molecule has 0 aromatic heterocycles. The molecule has 5 nitrogen and oxygen atoms in total. The maximum absolute atomic E-state index is 6.00. The molecule has 2 rings (SSSR count). The van der Waals surface area contributed by atoms with Crippen LogP contribution in [0.15, 0.2) is 60.2 Å². The lowest BCUT2D eigenvalue weighted by atomic mass is 9.84. The van der Waals surface area contributed by atoms with E-state index in [9.17, 15) is 0 Å². The number of benzene rings is 2. The Morgan fingerprint density at radius 3 is 2.19 bits per heavy atom. The SMILES string of the molecule is COCCOCCOC/C(=C(/OC)c1cccc(OCc2ccccc2)c1)C(C)(C)C. The number of ether oxygens (including phenoxy) is 5. The molecule has 0 spiro atoms. The first-order valence-electron chi connectivity index (χ1n) is 10.6. The van der Waals surface area contributed by atoms with Gasteiger partial charge in [-0.05, 0) is 23.1 Å². The summed E-state index contributed by atoms with van der Waals surface area (Å²) in [5, 5.41) is 0. The fraction of sp³-hybridized carbons (Fsp3) is 0.462. The molecule has 0 heterocycles. The molecule has 0 fully saturated rings. The van der Waals surface area contributed by atoms with Crippen molar-refractivity contribution < 1.29 is 23.7 Å². The number of hydrogen-bond donors (Lipinski definition) is 0. The van der Waals surface area contributed by atoms with Gasteiger partial charge in [0.2, 0.25) is 0 Å². The normalized spacial score (nSPS) is 12.4. The van der Waals surface area contributed by atoms with E-state index in [0.29, 0.717) is 39.6 Å². The number of hydrogen-bond acceptors (Lipinski definition) is 5. The van der Waals surface area contributed by atoms with Crippen LogP contribution in [0, 0.1) is 5.41 Å². The van der Waals surface area contributed by atoms with Gasteiger partial charge in [0.15, 0.2) is 0 Å². The molecule has 0 N–H and O–H groups in total. The van der Waals surface area contributed by atoms with Crippen molar-refractivity contribution in [2.45, 2.75) is 27.4 Å². The molecule has 0 radical (unpaired) electrons. The Morgan fingerprint density at radius 1 is 0.806 bits per heavy atom. The van der Waals surface area contributed by atoms with Gasteiger partial charge >= 0.3 is 0 Å². The first-order chi connectivity index (χ1) is 15.0. The number of methoxy groups -OCH3 is 2. The van der Waals surface area contributed by atoms with E-state index in [0.717, 1.165) is 28.2 Å². The Balaban J connectivity index is 2.10. The van der Waals surface area contributed by atoms with Crippen LogP contribution in [-0.2, 0) is 25.6 Å². The van der Waals surface area contributed by atoms with Crippen molar-refractivity contribution in [1.29, 1.82) is 0 Å². The Bertz CT molecular complexity index is 793. The third kappa shape index (κ3) is 8.74. The summed E-state index contributed by atoms with van der Waals surface area (Å²) >= 11 is 0. The first-order valence-corrected chi connectivity index (χ1v) is 10.6. The van der Waals surface area contributed by atoms with E-state index in [1.807, 2.05) is 42.5 Å². The van der Waals surface area contributed by atoms with Crippen molar-refractivity contribution in [2.24, 2.45) is 5.41 Å². The summed E-state index contributed by atoms with van der Waals surface area (Å²) < 4.78 is 28.2. The Kier molecular flexibility index (Phi) is 10.6. The van der Waals surface area contributed by atoms with Crippen LogP contribution in [0.4, 0.5) is 0 Å². The maximum Gasteiger partial charge on any atom is 0.128 e. The molecule has 170 valence electrons. The minimum atomic E-state index is -0.122. The van der Waals surface area contributed by atoms with Crippen LogP contribution >= 0.6 is 0 Å². The molecular formula is C26H36O5.